The van der Waals surface area contributed by atoms with Crippen LogP contribution in [-0.2, 0) is 21.5 Å². The number of para-hydroxylation sites is 1. The average Bonchev–Trinajstić information content (AvgIpc) is 3.47. The van der Waals surface area contributed by atoms with E-state index in [4.69, 9.17) is 10.5 Å². The molecule has 1 unspecified atom stereocenters. The Morgan fingerprint density at radius 2 is 2.06 bits per heavy atom. The minimum atomic E-state index is -0.532. The molecule has 0 radical (unpaired) electrons. The van der Waals surface area contributed by atoms with Crippen molar-refractivity contribution in [3.63, 3.8) is 0 Å². The highest BCUT2D eigenvalue weighted by Crippen LogP contribution is 2.48. The lowest BCUT2D eigenvalue weighted by Gasteiger charge is -2.40. The van der Waals surface area contributed by atoms with Crippen molar-refractivity contribution in [2.75, 3.05) is 38.3 Å². The van der Waals surface area contributed by atoms with E-state index in [1.54, 1.807) is 24.2 Å². The van der Waals surface area contributed by atoms with E-state index >= 15 is 4.39 Å². The fourth-order valence-corrected chi connectivity index (χ4v) is 5.70. The SMILES string of the molecule is CN=C/C(=C\N)c1ccc(CN2C(=O)C3(CCN(C4CCOC4)CC3)c3ccccc32)c(F)c1. The van der Waals surface area contributed by atoms with Crippen molar-refractivity contribution in [1.29, 1.82) is 0 Å². The van der Waals surface area contributed by atoms with Gasteiger partial charge in [-0.25, -0.2) is 4.39 Å². The Labute approximate surface area is 199 Å². The molecule has 5 rings (SSSR count). The van der Waals surface area contributed by atoms with Gasteiger partial charge in [-0.1, -0.05) is 30.3 Å². The minimum Gasteiger partial charge on any atom is -0.404 e. The molecular weight excluding hydrogens is 431 g/mol. The van der Waals surface area contributed by atoms with E-state index in [0.29, 0.717) is 22.7 Å². The van der Waals surface area contributed by atoms with Crippen LogP contribution < -0.4 is 10.6 Å². The number of likely N-dealkylation sites (tertiary alicyclic amines) is 1. The first-order valence-corrected chi connectivity index (χ1v) is 11.9. The van der Waals surface area contributed by atoms with Gasteiger partial charge in [-0.15, -0.1) is 0 Å². The van der Waals surface area contributed by atoms with E-state index in [-0.39, 0.29) is 18.3 Å². The van der Waals surface area contributed by atoms with Gasteiger partial charge in [0.2, 0.25) is 5.91 Å². The fourth-order valence-electron chi connectivity index (χ4n) is 5.70. The van der Waals surface area contributed by atoms with Gasteiger partial charge in [0.1, 0.15) is 5.82 Å². The zero-order valence-electron chi connectivity index (χ0n) is 19.5. The molecule has 2 aromatic carbocycles. The zero-order valence-corrected chi connectivity index (χ0v) is 19.5. The van der Waals surface area contributed by atoms with Crippen molar-refractivity contribution in [1.82, 2.24) is 4.90 Å². The molecule has 1 atom stereocenters. The van der Waals surface area contributed by atoms with Crippen LogP contribution in [0.4, 0.5) is 10.1 Å². The Morgan fingerprint density at radius 3 is 2.74 bits per heavy atom. The summed E-state index contributed by atoms with van der Waals surface area (Å²) in [6.07, 6.45) is 5.62. The molecule has 6 nitrogen and oxygen atoms in total. The number of halogens is 1. The first kappa shape index (κ1) is 22.7. The summed E-state index contributed by atoms with van der Waals surface area (Å²) in [4.78, 5) is 22.1. The first-order valence-electron chi connectivity index (χ1n) is 11.9. The highest BCUT2D eigenvalue weighted by Gasteiger charge is 2.52. The number of allylic oxidation sites excluding steroid dienone is 1. The van der Waals surface area contributed by atoms with Crippen molar-refractivity contribution in [3.05, 3.63) is 71.2 Å². The van der Waals surface area contributed by atoms with E-state index in [1.165, 1.54) is 12.3 Å². The number of nitrogens with two attached hydrogens (primary N) is 1. The van der Waals surface area contributed by atoms with Gasteiger partial charge in [-0.05, 0) is 55.6 Å². The molecule has 3 heterocycles. The number of ether oxygens (including phenoxy) is 1. The molecule has 0 aromatic heterocycles. The largest absolute Gasteiger partial charge is 0.404 e. The monoisotopic (exact) mass is 462 g/mol. The van der Waals surface area contributed by atoms with Crippen molar-refractivity contribution in [2.45, 2.75) is 37.3 Å². The maximum Gasteiger partial charge on any atom is 0.238 e. The van der Waals surface area contributed by atoms with E-state index < -0.39 is 5.41 Å². The summed E-state index contributed by atoms with van der Waals surface area (Å²) in [5.41, 5.74) is 8.90. The lowest BCUT2D eigenvalue weighted by Crippen LogP contribution is -2.51. The number of anilines is 1. The molecule has 1 amide bonds. The minimum absolute atomic E-state index is 0.0835. The van der Waals surface area contributed by atoms with E-state index in [9.17, 15) is 4.79 Å². The summed E-state index contributed by atoms with van der Waals surface area (Å²) >= 11 is 0. The molecule has 34 heavy (non-hydrogen) atoms. The number of benzene rings is 2. The number of carbonyl (C=O) groups is 1. The number of rotatable bonds is 5. The molecular formula is C27H31FN4O2. The fraction of sp³-hybridized carbons (Fsp3) is 0.407. The van der Waals surface area contributed by atoms with Crippen LogP contribution in [-0.4, -0.2) is 56.4 Å². The smallest absolute Gasteiger partial charge is 0.238 e. The van der Waals surface area contributed by atoms with Crippen LogP contribution in [0.3, 0.4) is 0 Å². The van der Waals surface area contributed by atoms with Gasteiger partial charge >= 0.3 is 0 Å². The molecule has 7 heteroatoms. The van der Waals surface area contributed by atoms with Gasteiger partial charge < -0.3 is 15.4 Å². The number of nitrogens with zero attached hydrogens (tertiary/aromatic N) is 3. The Hall–Kier alpha value is -3.03. The van der Waals surface area contributed by atoms with Crippen molar-refractivity contribution < 1.29 is 13.9 Å². The third-order valence-corrected chi connectivity index (χ3v) is 7.60. The molecule has 1 spiro atoms. The summed E-state index contributed by atoms with van der Waals surface area (Å²) in [6.45, 7) is 3.55. The second-order valence-corrected chi connectivity index (χ2v) is 9.36. The molecule has 2 fully saturated rings. The molecule has 2 saturated heterocycles. The second kappa shape index (κ2) is 9.31. The molecule has 0 saturated carbocycles. The van der Waals surface area contributed by atoms with E-state index in [1.807, 2.05) is 24.3 Å². The number of carbonyl (C=O) groups excluding carboxylic acids is 1. The number of amides is 1. The molecule has 3 aliphatic rings. The first-order chi connectivity index (χ1) is 16.6. The zero-order chi connectivity index (χ0) is 23.7. The molecule has 2 aromatic rings. The predicted molar refractivity (Wildman–Crippen MR) is 132 cm³/mol. The van der Waals surface area contributed by atoms with Crippen LogP contribution in [0.15, 0.2) is 53.7 Å². The van der Waals surface area contributed by atoms with Crippen LogP contribution in [0.2, 0.25) is 0 Å². The summed E-state index contributed by atoms with van der Waals surface area (Å²) in [5.74, 6) is -0.274. The molecule has 2 N–H and O–H groups in total. The quantitative estimate of drug-likeness (QED) is 0.691. The molecule has 3 aliphatic heterocycles. The summed E-state index contributed by atoms with van der Waals surface area (Å²) in [6, 6.07) is 13.5. The Balaban J connectivity index is 1.40. The van der Waals surface area contributed by atoms with Gasteiger partial charge in [0.05, 0.1) is 18.6 Å². The average molecular weight is 463 g/mol. The third-order valence-electron chi connectivity index (χ3n) is 7.60. The Bertz CT molecular complexity index is 1130. The van der Waals surface area contributed by atoms with Crippen LogP contribution in [0, 0.1) is 5.82 Å². The van der Waals surface area contributed by atoms with Crippen molar-refractivity contribution >= 4 is 23.4 Å². The lowest BCUT2D eigenvalue weighted by molar-refractivity contribution is -0.125. The topological polar surface area (TPSA) is 71.2 Å². The maximum absolute atomic E-state index is 15.1. The lowest BCUT2D eigenvalue weighted by atomic mass is 9.73. The van der Waals surface area contributed by atoms with E-state index in [0.717, 1.165) is 56.8 Å². The normalized spacial score (nSPS) is 22.8. The molecule has 178 valence electrons. The van der Waals surface area contributed by atoms with Gasteiger partial charge in [-0.3, -0.25) is 14.7 Å². The van der Waals surface area contributed by atoms with Gasteiger partial charge in [0, 0.05) is 48.9 Å². The predicted octanol–water partition coefficient (Wildman–Crippen LogP) is 3.50. The number of piperidine rings is 1. The summed E-state index contributed by atoms with van der Waals surface area (Å²) in [5, 5.41) is 0. The number of aliphatic imine (C=N–C) groups is 1. The van der Waals surface area contributed by atoms with Gasteiger partial charge in [-0.2, -0.15) is 0 Å². The maximum atomic E-state index is 15.1. The van der Waals surface area contributed by atoms with Gasteiger partial charge in [0.25, 0.3) is 0 Å². The van der Waals surface area contributed by atoms with Crippen LogP contribution >= 0.6 is 0 Å². The summed E-state index contributed by atoms with van der Waals surface area (Å²) in [7, 11) is 1.65. The van der Waals surface area contributed by atoms with Crippen molar-refractivity contribution in [2.24, 2.45) is 10.7 Å². The highest BCUT2D eigenvalue weighted by molar-refractivity contribution is 6.10. The van der Waals surface area contributed by atoms with E-state index in [2.05, 4.69) is 16.0 Å². The van der Waals surface area contributed by atoms with Crippen LogP contribution in [0.1, 0.15) is 36.0 Å². The molecule has 0 bridgehead atoms. The van der Waals surface area contributed by atoms with Crippen LogP contribution in [0.5, 0.6) is 0 Å². The number of hydrogen-bond donors (Lipinski definition) is 1. The van der Waals surface area contributed by atoms with Crippen molar-refractivity contribution in [3.8, 4) is 0 Å². The number of fused-ring (bicyclic) bond motifs is 2. The molecule has 0 aliphatic carbocycles. The third kappa shape index (κ3) is 3.83. The number of hydrogen-bond acceptors (Lipinski definition) is 5. The van der Waals surface area contributed by atoms with Gasteiger partial charge in [0.15, 0.2) is 0 Å². The Kier molecular flexibility index (Phi) is 6.23. The highest BCUT2D eigenvalue weighted by atomic mass is 19.1. The summed E-state index contributed by atoms with van der Waals surface area (Å²) < 4.78 is 20.7. The standard InChI is InChI=1S/C27H31FN4O2/c1-30-16-21(15-29)19-6-7-20(24(28)14-19)17-32-25-5-3-2-4-23(25)27(26(32)33)9-11-31(12-10-27)22-8-13-34-18-22/h2-7,14-16,22H,8-13,17-18,29H2,1H3/b21-15+,30-16?. The second-order valence-electron chi connectivity index (χ2n) is 9.36. The van der Waals surface area contributed by atoms with Crippen LogP contribution in [0.25, 0.3) is 5.57 Å². The Morgan fingerprint density at radius 1 is 1.26 bits per heavy atom.